The Morgan fingerprint density at radius 2 is 1.88 bits per heavy atom. The van der Waals surface area contributed by atoms with E-state index in [2.05, 4.69) is 9.68 Å². The van der Waals surface area contributed by atoms with E-state index in [-0.39, 0.29) is 27.0 Å². The van der Waals surface area contributed by atoms with E-state index in [1.807, 2.05) is 5.32 Å². The molecule has 1 atom stereocenters. The molecule has 3 rings (SSSR count). The molecule has 1 unspecified atom stereocenters. The van der Waals surface area contributed by atoms with Gasteiger partial charge in [0.05, 0.1) is 11.6 Å². The maximum Gasteiger partial charge on any atom is 0.426 e. The quantitative estimate of drug-likeness (QED) is 0.530. The molecule has 0 bridgehead atoms. The molecule has 0 saturated heterocycles. The standard InChI is InChI=1S/C21H17ClF4N2O4/c1-19(2,15-6-3-12(23)8-16(15)22)10-20(31,21(24,25)26)18(30)28-13-4-5-14-11(7-13)9-27-32-17(14)29/h3-9,31H,10H2,1-2H3,(H,28,30). The van der Waals surface area contributed by atoms with Gasteiger partial charge in [0, 0.05) is 22.5 Å². The van der Waals surface area contributed by atoms with Gasteiger partial charge in [-0.25, -0.2) is 9.18 Å². The Kier molecular flexibility index (Phi) is 6.05. The lowest BCUT2D eigenvalue weighted by Gasteiger charge is -2.37. The molecular formula is C21H17ClF4N2O4. The van der Waals surface area contributed by atoms with E-state index in [0.717, 1.165) is 18.3 Å². The lowest BCUT2D eigenvalue weighted by molar-refractivity contribution is -0.254. The number of hydrogen-bond acceptors (Lipinski definition) is 5. The molecule has 1 aromatic heterocycles. The van der Waals surface area contributed by atoms with Crippen LogP contribution in [-0.4, -0.2) is 27.9 Å². The highest BCUT2D eigenvalue weighted by Crippen LogP contribution is 2.43. The van der Waals surface area contributed by atoms with Crippen molar-refractivity contribution in [3.63, 3.8) is 0 Å². The summed E-state index contributed by atoms with van der Waals surface area (Å²) in [5.41, 5.74) is -6.02. The van der Waals surface area contributed by atoms with E-state index in [4.69, 9.17) is 11.6 Å². The van der Waals surface area contributed by atoms with Gasteiger partial charge in [0.2, 0.25) is 5.60 Å². The number of carbonyl (C=O) groups excluding carboxylic acids is 1. The average Bonchev–Trinajstić information content (AvgIpc) is 2.66. The Morgan fingerprint density at radius 1 is 1.19 bits per heavy atom. The second kappa shape index (κ2) is 8.18. The molecule has 0 radical (unpaired) electrons. The number of nitrogens with one attached hydrogen (secondary N) is 1. The van der Waals surface area contributed by atoms with Crippen LogP contribution in [0.3, 0.4) is 0 Å². The molecule has 0 spiro atoms. The molecule has 3 aromatic rings. The minimum Gasteiger partial charge on any atom is -0.373 e. The van der Waals surface area contributed by atoms with E-state index in [1.165, 1.54) is 38.1 Å². The van der Waals surface area contributed by atoms with Crippen molar-refractivity contribution in [2.45, 2.75) is 37.5 Å². The second-order valence-corrected chi connectivity index (χ2v) is 8.32. The number of aromatic nitrogens is 1. The number of nitrogens with zero attached hydrogens (tertiary/aromatic N) is 1. The molecule has 1 amide bonds. The van der Waals surface area contributed by atoms with Crippen molar-refractivity contribution >= 4 is 34.0 Å². The molecule has 2 N–H and O–H groups in total. The van der Waals surface area contributed by atoms with Crippen LogP contribution in [0.4, 0.5) is 23.2 Å². The molecule has 0 saturated carbocycles. The summed E-state index contributed by atoms with van der Waals surface area (Å²) in [6, 6.07) is 6.81. The minimum atomic E-state index is -5.35. The minimum absolute atomic E-state index is 0.102. The number of aliphatic hydroxyl groups is 1. The maximum atomic E-state index is 13.9. The zero-order chi connectivity index (χ0) is 23.9. The van der Waals surface area contributed by atoms with Gasteiger partial charge in [-0.1, -0.05) is 36.7 Å². The predicted octanol–water partition coefficient (Wildman–Crippen LogP) is 4.58. The van der Waals surface area contributed by atoms with E-state index in [0.29, 0.717) is 0 Å². The first-order chi connectivity index (χ1) is 14.7. The summed E-state index contributed by atoms with van der Waals surface area (Å²) in [7, 11) is 0. The van der Waals surface area contributed by atoms with Crippen molar-refractivity contribution in [2.75, 3.05) is 5.32 Å². The Balaban J connectivity index is 1.96. The van der Waals surface area contributed by atoms with Crippen LogP contribution in [0, 0.1) is 5.82 Å². The Hall–Kier alpha value is -2.98. The molecule has 0 fully saturated rings. The van der Waals surface area contributed by atoms with Crippen LogP contribution in [0.5, 0.6) is 0 Å². The number of halogens is 5. The number of alkyl halides is 3. The summed E-state index contributed by atoms with van der Waals surface area (Å²) >= 11 is 5.99. The summed E-state index contributed by atoms with van der Waals surface area (Å²) in [6.45, 7) is 2.69. The van der Waals surface area contributed by atoms with Crippen molar-refractivity contribution < 1.29 is 32.0 Å². The molecule has 0 aliphatic heterocycles. The third-order valence-corrected chi connectivity index (χ3v) is 5.37. The smallest absolute Gasteiger partial charge is 0.373 e. The Bertz CT molecular complexity index is 1240. The summed E-state index contributed by atoms with van der Waals surface area (Å²) < 4.78 is 59.5. The highest BCUT2D eigenvalue weighted by molar-refractivity contribution is 6.31. The fourth-order valence-corrected chi connectivity index (χ4v) is 3.85. The molecule has 32 heavy (non-hydrogen) atoms. The van der Waals surface area contributed by atoms with Crippen LogP contribution in [0.15, 0.2) is 51.9 Å². The van der Waals surface area contributed by atoms with E-state index in [9.17, 15) is 32.3 Å². The van der Waals surface area contributed by atoms with Crippen molar-refractivity contribution in [3.05, 3.63) is 69.4 Å². The Morgan fingerprint density at radius 3 is 2.50 bits per heavy atom. The normalized spacial score (nSPS) is 14.2. The van der Waals surface area contributed by atoms with Gasteiger partial charge in [0.15, 0.2) is 0 Å². The summed E-state index contributed by atoms with van der Waals surface area (Å²) in [5, 5.41) is 16.1. The van der Waals surface area contributed by atoms with Crippen molar-refractivity contribution in [1.29, 1.82) is 0 Å². The van der Waals surface area contributed by atoms with E-state index >= 15 is 0 Å². The molecule has 2 aromatic carbocycles. The van der Waals surface area contributed by atoms with Crippen LogP contribution in [0.2, 0.25) is 5.02 Å². The summed E-state index contributed by atoms with van der Waals surface area (Å²) in [6.07, 6.45) is -5.29. The van der Waals surface area contributed by atoms with Crippen LogP contribution in [0.1, 0.15) is 25.8 Å². The maximum absolute atomic E-state index is 13.9. The number of carbonyl (C=O) groups is 1. The van der Waals surface area contributed by atoms with Gasteiger partial charge in [0.25, 0.3) is 5.91 Å². The van der Waals surface area contributed by atoms with Crippen LogP contribution >= 0.6 is 11.6 Å². The van der Waals surface area contributed by atoms with E-state index in [1.54, 1.807) is 0 Å². The third kappa shape index (κ3) is 4.46. The lowest BCUT2D eigenvalue weighted by Crippen LogP contribution is -2.57. The van der Waals surface area contributed by atoms with Gasteiger partial charge in [-0.2, -0.15) is 13.2 Å². The van der Waals surface area contributed by atoms with Crippen LogP contribution in [0.25, 0.3) is 10.8 Å². The fraction of sp³-hybridized carbons (Fsp3) is 0.286. The van der Waals surface area contributed by atoms with Crippen LogP contribution in [-0.2, 0) is 10.2 Å². The topological polar surface area (TPSA) is 92.4 Å². The number of fused-ring (bicyclic) bond motifs is 1. The largest absolute Gasteiger partial charge is 0.426 e. The second-order valence-electron chi connectivity index (χ2n) is 7.91. The first-order valence-electron chi connectivity index (χ1n) is 9.19. The van der Waals surface area contributed by atoms with Gasteiger partial charge < -0.3 is 14.9 Å². The first kappa shape index (κ1) is 23.7. The summed E-state index contributed by atoms with van der Waals surface area (Å²) in [4.78, 5) is 24.3. The highest BCUT2D eigenvalue weighted by Gasteiger charge is 2.61. The number of anilines is 1. The molecule has 0 aliphatic carbocycles. The van der Waals surface area contributed by atoms with Crippen molar-refractivity contribution in [2.24, 2.45) is 0 Å². The van der Waals surface area contributed by atoms with Gasteiger partial charge in [-0.05, 0) is 41.3 Å². The molecule has 6 nitrogen and oxygen atoms in total. The zero-order valence-electron chi connectivity index (χ0n) is 16.8. The first-order valence-corrected chi connectivity index (χ1v) is 9.57. The van der Waals surface area contributed by atoms with Crippen LogP contribution < -0.4 is 10.9 Å². The highest BCUT2D eigenvalue weighted by atomic mass is 35.5. The van der Waals surface area contributed by atoms with Gasteiger partial charge >= 0.3 is 11.8 Å². The SMILES string of the molecule is CC(C)(CC(O)(C(=O)Nc1ccc2c(=O)oncc2c1)C(F)(F)F)c1ccc(F)cc1Cl. The van der Waals surface area contributed by atoms with E-state index < -0.39 is 41.0 Å². The summed E-state index contributed by atoms with van der Waals surface area (Å²) in [5.74, 6) is -2.41. The van der Waals surface area contributed by atoms with Gasteiger partial charge in [-0.3, -0.25) is 4.79 Å². The number of rotatable bonds is 5. The number of hydrogen-bond donors (Lipinski definition) is 2. The molecular weight excluding hydrogens is 456 g/mol. The van der Waals surface area contributed by atoms with Gasteiger partial charge in [-0.15, -0.1) is 0 Å². The third-order valence-electron chi connectivity index (χ3n) is 5.06. The molecule has 1 heterocycles. The lowest BCUT2D eigenvalue weighted by atomic mass is 9.74. The van der Waals surface area contributed by atoms with Crippen molar-refractivity contribution in [1.82, 2.24) is 5.16 Å². The molecule has 170 valence electrons. The fourth-order valence-electron chi connectivity index (χ4n) is 3.43. The van der Waals surface area contributed by atoms with Gasteiger partial charge in [0.1, 0.15) is 5.82 Å². The monoisotopic (exact) mass is 472 g/mol. The average molecular weight is 473 g/mol. The molecule has 0 aliphatic rings. The number of benzene rings is 2. The Labute approximate surface area is 183 Å². The van der Waals surface area contributed by atoms with Crippen molar-refractivity contribution in [3.8, 4) is 0 Å². The number of amides is 1. The molecule has 11 heteroatoms. The predicted molar refractivity (Wildman–Crippen MR) is 109 cm³/mol. The zero-order valence-corrected chi connectivity index (χ0v) is 17.5.